The van der Waals surface area contributed by atoms with Gasteiger partial charge in [-0.15, -0.1) is 0 Å². The molecule has 0 spiro atoms. The Labute approximate surface area is 99.1 Å². The van der Waals surface area contributed by atoms with Gasteiger partial charge in [-0.3, -0.25) is 19.8 Å². The summed E-state index contributed by atoms with van der Waals surface area (Å²) < 4.78 is 26.6. The zero-order valence-corrected chi connectivity index (χ0v) is 8.96. The summed E-state index contributed by atoms with van der Waals surface area (Å²) in [7, 11) is 0. The number of halogens is 2. The zero-order valence-electron chi connectivity index (χ0n) is 8.96. The molecular formula is C11H8F2N2O3. The minimum absolute atomic E-state index is 0.0561. The van der Waals surface area contributed by atoms with E-state index in [1.807, 2.05) is 0 Å². The molecule has 94 valence electrons. The first-order chi connectivity index (χ1) is 8.49. The average Bonchev–Trinajstić information content (AvgIpc) is 2.64. The number of aromatic amines is 2. The Hall–Kier alpha value is -2.44. The summed E-state index contributed by atoms with van der Waals surface area (Å²) in [6.07, 6.45) is -0.579. The normalized spacial score (nSPS) is 10.6. The molecule has 1 heterocycles. The fourth-order valence-electron chi connectivity index (χ4n) is 1.62. The molecule has 0 amide bonds. The molecule has 0 unspecified atom stereocenters. The monoisotopic (exact) mass is 254 g/mol. The summed E-state index contributed by atoms with van der Waals surface area (Å²) in [4.78, 5) is 22.0. The molecule has 0 aliphatic carbocycles. The molecule has 2 aromatic rings. The van der Waals surface area contributed by atoms with Crippen molar-refractivity contribution in [2.45, 2.75) is 6.42 Å². The minimum Gasteiger partial charge on any atom is -0.481 e. The Morgan fingerprint density at radius 3 is 2.67 bits per heavy atom. The maximum absolute atomic E-state index is 13.5. The van der Waals surface area contributed by atoms with E-state index < -0.39 is 29.6 Å². The lowest BCUT2D eigenvalue weighted by molar-refractivity contribution is -0.136. The van der Waals surface area contributed by atoms with Gasteiger partial charge in [0.1, 0.15) is 11.6 Å². The summed E-state index contributed by atoms with van der Waals surface area (Å²) in [5.74, 6) is -2.67. The van der Waals surface area contributed by atoms with Crippen LogP contribution in [-0.2, 0) is 11.2 Å². The van der Waals surface area contributed by atoms with Crippen molar-refractivity contribution in [3.63, 3.8) is 0 Å². The Bertz CT molecular complexity index is 661. The van der Waals surface area contributed by atoms with Gasteiger partial charge in [-0.1, -0.05) is 0 Å². The molecule has 18 heavy (non-hydrogen) atoms. The van der Waals surface area contributed by atoms with Crippen LogP contribution in [0.1, 0.15) is 5.56 Å². The van der Waals surface area contributed by atoms with Gasteiger partial charge in [0.15, 0.2) is 0 Å². The van der Waals surface area contributed by atoms with Crippen molar-refractivity contribution in [3.05, 3.63) is 45.8 Å². The predicted molar refractivity (Wildman–Crippen MR) is 58.1 cm³/mol. The van der Waals surface area contributed by atoms with E-state index in [4.69, 9.17) is 5.11 Å². The molecule has 0 saturated heterocycles. The quantitative estimate of drug-likeness (QED) is 0.771. The summed E-state index contributed by atoms with van der Waals surface area (Å²) in [5, 5.41) is 13.2. The van der Waals surface area contributed by atoms with Crippen molar-refractivity contribution in [1.29, 1.82) is 0 Å². The maximum Gasteiger partial charge on any atom is 0.308 e. The first-order valence-electron chi connectivity index (χ1n) is 4.95. The number of carboxylic acids is 1. The second-order valence-electron chi connectivity index (χ2n) is 3.63. The van der Waals surface area contributed by atoms with Crippen molar-refractivity contribution < 1.29 is 18.7 Å². The molecule has 0 atom stereocenters. The molecule has 0 aliphatic heterocycles. The second kappa shape index (κ2) is 4.44. The van der Waals surface area contributed by atoms with Crippen LogP contribution in [0.5, 0.6) is 0 Å². The number of carboxylic acid groups (broad SMARTS) is 1. The van der Waals surface area contributed by atoms with Crippen LogP contribution in [0.4, 0.5) is 8.78 Å². The fraction of sp³-hybridized carbons (Fsp3) is 0.0909. The molecule has 0 saturated carbocycles. The largest absolute Gasteiger partial charge is 0.481 e. The predicted octanol–water partition coefficient (Wildman–Crippen LogP) is 1.28. The molecule has 0 bridgehead atoms. The molecule has 1 aromatic carbocycles. The number of H-pyrrole nitrogens is 2. The van der Waals surface area contributed by atoms with Gasteiger partial charge in [0.2, 0.25) is 0 Å². The topological polar surface area (TPSA) is 85.9 Å². The number of aliphatic carboxylic acids is 1. The SMILES string of the molecule is O=C(O)Cc1c(-c2cc(F)ccc2F)[nH][nH]c1=O. The summed E-state index contributed by atoms with van der Waals surface area (Å²) in [6, 6.07) is 2.72. The highest BCUT2D eigenvalue weighted by Crippen LogP contribution is 2.23. The van der Waals surface area contributed by atoms with E-state index in [2.05, 4.69) is 10.2 Å². The Morgan fingerprint density at radius 2 is 2.00 bits per heavy atom. The Kier molecular flexibility index (Phi) is 2.97. The number of nitrogens with one attached hydrogen (secondary N) is 2. The fourth-order valence-corrected chi connectivity index (χ4v) is 1.62. The van der Waals surface area contributed by atoms with Gasteiger partial charge in [-0.05, 0) is 18.2 Å². The van der Waals surface area contributed by atoms with Crippen molar-refractivity contribution in [3.8, 4) is 11.3 Å². The van der Waals surface area contributed by atoms with Gasteiger partial charge in [0.25, 0.3) is 5.56 Å². The van der Waals surface area contributed by atoms with Gasteiger partial charge in [-0.2, -0.15) is 0 Å². The molecule has 0 aliphatic rings. The van der Waals surface area contributed by atoms with Crippen LogP contribution < -0.4 is 5.56 Å². The van der Waals surface area contributed by atoms with Gasteiger partial charge in [0, 0.05) is 5.56 Å². The van der Waals surface area contributed by atoms with Crippen LogP contribution in [0, 0.1) is 11.6 Å². The van der Waals surface area contributed by atoms with E-state index in [9.17, 15) is 18.4 Å². The summed E-state index contributed by atoms with van der Waals surface area (Å²) >= 11 is 0. The van der Waals surface area contributed by atoms with Gasteiger partial charge < -0.3 is 5.11 Å². The molecule has 1 aromatic heterocycles. The van der Waals surface area contributed by atoms with Crippen LogP contribution in [-0.4, -0.2) is 21.3 Å². The summed E-state index contributed by atoms with van der Waals surface area (Å²) in [6.45, 7) is 0. The molecular weight excluding hydrogens is 246 g/mol. The molecule has 3 N–H and O–H groups in total. The molecule has 0 radical (unpaired) electrons. The molecule has 5 nitrogen and oxygen atoms in total. The van der Waals surface area contributed by atoms with E-state index in [-0.39, 0.29) is 16.8 Å². The standard InChI is InChI=1S/C11H8F2N2O3/c12-5-1-2-8(13)6(3-5)10-7(4-9(16)17)11(18)15-14-10/h1-3H,4H2,(H,16,17)(H2,14,15,18). The lowest BCUT2D eigenvalue weighted by Crippen LogP contribution is -2.11. The van der Waals surface area contributed by atoms with Gasteiger partial charge in [0.05, 0.1) is 17.7 Å². The third-order valence-electron chi connectivity index (χ3n) is 2.40. The lowest BCUT2D eigenvalue weighted by atomic mass is 10.1. The number of hydrogen-bond acceptors (Lipinski definition) is 2. The number of carbonyl (C=O) groups is 1. The highest BCUT2D eigenvalue weighted by atomic mass is 19.1. The minimum atomic E-state index is -1.24. The van der Waals surface area contributed by atoms with Gasteiger partial charge >= 0.3 is 5.97 Å². The van der Waals surface area contributed by atoms with E-state index in [1.165, 1.54) is 0 Å². The van der Waals surface area contributed by atoms with Crippen LogP contribution in [0.2, 0.25) is 0 Å². The second-order valence-corrected chi connectivity index (χ2v) is 3.63. The van der Waals surface area contributed by atoms with Crippen molar-refractivity contribution in [1.82, 2.24) is 10.2 Å². The number of rotatable bonds is 3. The Balaban J connectivity index is 2.60. The third-order valence-corrected chi connectivity index (χ3v) is 2.40. The maximum atomic E-state index is 13.5. The summed E-state index contributed by atoms with van der Waals surface area (Å²) in [5.41, 5.74) is -1.06. The number of aromatic nitrogens is 2. The highest BCUT2D eigenvalue weighted by molar-refractivity contribution is 5.74. The van der Waals surface area contributed by atoms with Gasteiger partial charge in [-0.25, -0.2) is 8.78 Å². The lowest BCUT2D eigenvalue weighted by Gasteiger charge is -2.02. The number of benzene rings is 1. The first-order valence-corrected chi connectivity index (χ1v) is 4.95. The van der Waals surface area contributed by atoms with Crippen LogP contribution in [0.3, 0.4) is 0 Å². The third kappa shape index (κ3) is 2.15. The van der Waals surface area contributed by atoms with Crippen LogP contribution >= 0.6 is 0 Å². The van der Waals surface area contributed by atoms with Crippen molar-refractivity contribution >= 4 is 5.97 Å². The Morgan fingerprint density at radius 1 is 1.28 bits per heavy atom. The van der Waals surface area contributed by atoms with E-state index in [1.54, 1.807) is 0 Å². The first kappa shape index (κ1) is 12.0. The zero-order chi connectivity index (χ0) is 13.3. The smallest absolute Gasteiger partial charge is 0.308 e. The van der Waals surface area contributed by atoms with E-state index in [0.717, 1.165) is 18.2 Å². The van der Waals surface area contributed by atoms with E-state index >= 15 is 0 Å². The van der Waals surface area contributed by atoms with Crippen LogP contribution in [0.15, 0.2) is 23.0 Å². The van der Waals surface area contributed by atoms with Crippen LogP contribution in [0.25, 0.3) is 11.3 Å². The molecule has 0 fully saturated rings. The van der Waals surface area contributed by atoms with Crippen molar-refractivity contribution in [2.75, 3.05) is 0 Å². The van der Waals surface area contributed by atoms with E-state index in [0.29, 0.717) is 0 Å². The molecule has 2 rings (SSSR count). The average molecular weight is 254 g/mol. The highest BCUT2D eigenvalue weighted by Gasteiger charge is 2.18. The molecule has 7 heteroatoms. The number of hydrogen-bond donors (Lipinski definition) is 3. The van der Waals surface area contributed by atoms with Crippen molar-refractivity contribution in [2.24, 2.45) is 0 Å².